The van der Waals surface area contributed by atoms with Crippen molar-refractivity contribution in [2.45, 2.75) is 6.92 Å². The highest BCUT2D eigenvalue weighted by atomic mass is 32.2. The number of rotatable bonds is 4. The molecule has 0 N–H and O–H groups in total. The van der Waals surface area contributed by atoms with Crippen LogP contribution in [0.2, 0.25) is 0 Å². The predicted molar refractivity (Wildman–Crippen MR) is 55.0 cm³/mol. The summed E-state index contributed by atoms with van der Waals surface area (Å²) in [5, 5.41) is 0. The lowest BCUT2D eigenvalue weighted by molar-refractivity contribution is 0.101. The Morgan fingerprint density at radius 3 is 2.44 bits per heavy atom. The Bertz CT molecular complexity index is 509. The van der Waals surface area contributed by atoms with Crippen LogP contribution in [0, 0.1) is 11.6 Å². The Balaban J connectivity index is 2.98. The molecule has 0 bridgehead atoms. The molecule has 6 heteroatoms. The van der Waals surface area contributed by atoms with E-state index in [0.717, 1.165) is 12.1 Å². The zero-order valence-electron chi connectivity index (χ0n) is 8.54. The van der Waals surface area contributed by atoms with Gasteiger partial charge in [0.2, 0.25) is 0 Å². The van der Waals surface area contributed by atoms with Crippen molar-refractivity contribution in [1.82, 2.24) is 0 Å². The number of carbonyl (C=O) groups excluding carboxylic acids is 1. The minimum Gasteiger partial charge on any atom is -0.293 e. The highest BCUT2D eigenvalue weighted by Crippen LogP contribution is 2.11. The van der Waals surface area contributed by atoms with Crippen LogP contribution in [0.15, 0.2) is 18.2 Å². The average Bonchev–Trinajstić information content (AvgIpc) is 2.16. The van der Waals surface area contributed by atoms with Crippen molar-refractivity contribution in [3.8, 4) is 0 Å². The molecule has 0 amide bonds. The van der Waals surface area contributed by atoms with Crippen LogP contribution in [-0.2, 0) is 9.84 Å². The molecule has 0 aliphatic heterocycles. The first-order valence-corrected chi connectivity index (χ1v) is 6.36. The van der Waals surface area contributed by atoms with Crippen LogP contribution in [0.4, 0.5) is 8.78 Å². The van der Waals surface area contributed by atoms with Crippen LogP contribution in [0.1, 0.15) is 17.3 Å². The van der Waals surface area contributed by atoms with Crippen LogP contribution >= 0.6 is 0 Å². The third-order valence-corrected chi connectivity index (χ3v) is 3.60. The molecule has 0 radical (unpaired) electrons. The summed E-state index contributed by atoms with van der Waals surface area (Å²) in [4.78, 5) is 11.4. The summed E-state index contributed by atoms with van der Waals surface area (Å²) in [5.74, 6) is -3.67. The third-order valence-electron chi connectivity index (χ3n) is 2.02. The lowest BCUT2D eigenvalue weighted by Crippen LogP contribution is -2.18. The van der Waals surface area contributed by atoms with Crippen molar-refractivity contribution < 1.29 is 22.0 Å². The maximum absolute atomic E-state index is 13.1. The van der Waals surface area contributed by atoms with E-state index in [-0.39, 0.29) is 5.75 Å². The lowest BCUT2D eigenvalue weighted by atomic mass is 10.1. The smallest absolute Gasteiger partial charge is 0.180 e. The van der Waals surface area contributed by atoms with Crippen molar-refractivity contribution in [3.05, 3.63) is 35.4 Å². The van der Waals surface area contributed by atoms with E-state index in [9.17, 15) is 22.0 Å². The topological polar surface area (TPSA) is 51.2 Å². The number of sulfone groups is 1. The molecule has 0 saturated heterocycles. The molecule has 1 aromatic rings. The second-order valence-electron chi connectivity index (χ2n) is 3.22. The van der Waals surface area contributed by atoms with E-state index >= 15 is 0 Å². The van der Waals surface area contributed by atoms with E-state index in [1.165, 1.54) is 6.92 Å². The van der Waals surface area contributed by atoms with Gasteiger partial charge < -0.3 is 0 Å². The fourth-order valence-electron chi connectivity index (χ4n) is 1.10. The molecule has 0 aromatic heterocycles. The summed E-state index contributed by atoms with van der Waals surface area (Å²) in [7, 11) is -3.50. The summed E-state index contributed by atoms with van der Waals surface area (Å²) in [5.41, 5.74) is -0.404. The van der Waals surface area contributed by atoms with E-state index in [1.807, 2.05) is 0 Å². The van der Waals surface area contributed by atoms with Crippen molar-refractivity contribution >= 4 is 15.6 Å². The molecule has 0 aliphatic carbocycles. The fourth-order valence-corrected chi connectivity index (χ4v) is 1.85. The second-order valence-corrected chi connectivity index (χ2v) is 5.58. The first-order chi connectivity index (χ1) is 7.35. The number of hydrogen-bond donors (Lipinski definition) is 0. The molecule has 16 heavy (non-hydrogen) atoms. The number of Topliss-reactive ketones (excluding diaryl/α,β-unsaturated/α-hetero) is 1. The zero-order chi connectivity index (χ0) is 12.3. The molecule has 0 aliphatic rings. The van der Waals surface area contributed by atoms with E-state index in [1.54, 1.807) is 0 Å². The molecular weight excluding hydrogens is 238 g/mol. The van der Waals surface area contributed by atoms with Crippen LogP contribution in [0.3, 0.4) is 0 Å². The van der Waals surface area contributed by atoms with Crippen molar-refractivity contribution in [1.29, 1.82) is 0 Å². The summed E-state index contributed by atoms with van der Waals surface area (Å²) in [6.45, 7) is 1.39. The van der Waals surface area contributed by atoms with Gasteiger partial charge in [0.1, 0.15) is 17.4 Å². The summed E-state index contributed by atoms with van der Waals surface area (Å²) >= 11 is 0. The predicted octanol–water partition coefficient (Wildman–Crippen LogP) is 1.58. The standard InChI is InChI=1S/C10H10F2O3S/c1-2-16(14,15)6-10(13)8-4-3-7(11)5-9(8)12/h3-5H,2,6H2,1H3. The number of ketones is 1. The number of benzene rings is 1. The van der Waals surface area contributed by atoms with Crippen LogP contribution in [-0.4, -0.2) is 25.7 Å². The van der Waals surface area contributed by atoms with Gasteiger partial charge in [0.25, 0.3) is 0 Å². The molecule has 0 unspecified atom stereocenters. The molecular formula is C10H10F2O3S. The van der Waals surface area contributed by atoms with Crippen molar-refractivity contribution in [3.63, 3.8) is 0 Å². The molecule has 0 atom stereocenters. The second kappa shape index (κ2) is 4.69. The van der Waals surface area contributed by atoms with E-state index < -0.39 is 38.6 Å². The maximum atomic E-state index is 13.1. The van der Waals surface area contributed by atoms with E-state index in [4.69, 9.17) is 0 Å². The molecule has 88 valence electrons. The van der Waals surface area contributed by atoms with E-state index in [2.05, 4.69) is 0 Å². The highest BCUT2D eigenvalue weighted by molar-refractivity contribution is 7.92. The zero-order valence-corrected chi connectivity index (χ0v) is 9.35. The number of carbonyl (C=O) groups is 1. The average molecular weight is 248 g/mol. The molecule has 3 nitrogen and oxygen atoms in total. The Labute approximate surface area is 92.0 Å². The molecule has 0 saturated carbocycles. The summed E-state index contributed by atoms with van der Waals surface area (Å²) in [6, 6.07) is 2.40. The first-order valence-electron chi connectivity index (χ1n) is 4.54. The summed E-state index contributed by atoms with van der Waals surface area (Å²) in [6.07, 6.45) is 0. The lowest BCUT2D eigenvalue weighted by Gasteiger charge is -2.02. The largest absolute Gasteiger partial charge is 0.293 e. The quantitative estimate of drug-likeness (QED) is 0.760. The van der Waals surface area contributed by atoms with Gasteiger partial charge >= 0.3 is 0 Å². The third kappa shape index (κ3) is 3.10. The van der Waals surface area contributed by atoms with E-state index in [0.29, 0.717) is 6.07 Å². The molecule has 1 aromatic carbocycles. The van der Waals surface area contributed by atoms with Crippen molar-refractivity contribution in [2.24, 2.45) is 0 Å². The first kappa shape index (κ1) is 12.8. The molecule has 0 fully saturated rings. The van der Waals surface area contributed by atoms with Gasteiger partial charge in [-0.05, 0) is 12.1 Å². The molecule has 0 heterocycles. The Morgan fingerprint density at radius 1 is 1.31 bits per heavy atom. The highest BCUT2D eigenvalue weighted by Gasteiger charge is 2.19. The van der Waals surface area contributed by atoms with Crippen LogP contribution in [0.5, 0.6) is 0 Å². The Morgan fingerprint density at radius 2 is 1.94 bits per heavy atom. The Kier molecular flexibility index (Phi) is 3.74. The maximum Gasteiger partial charge on any atom is 0.180 e. The normalized spacial score (nSPS) is 11.4. The number of halogens is 2. The minimum absolute atomic E-state index is 0.193. The van der Waals surface area contributed by atoms with Crippen LogP contribution in [0.25, 0.3) is 0 Å². The van der Waals surface area contributed by atoms with Gasteiger partial charge in [0, 0.05) is 11.8 Å². The number of hydrogen-bond acceptors (Lipinski definition) is 3. The van der Waals surface area contributed by atoms with Gasteiger partial charge in [-0.1, -0.05) is 6.92 Å². The van der Waals surface area contributed by atoms with Gasteiger partial charge in [-0.25, -0.2) is 17.2 Å². The molecule has 1 rings (SSSR count). The SMILES string of the molecule is CCS(=O)(=O)CC(=O)c1ccc(F)cc1F. The van der Waals surface area contributed by atoms with Crippen molar-refractivity contribution in [2.75, 3.05) is 11.5 Å². The Hall–Kier alpha value is -1.30. The van der Waals surface area contributed by atoms with Gasteiger partial charge in [-0.3, -0.25) is 4.79 Å². The van der Waals surface area contributed by atoms with Gasteiger partial charge in [0.05, 0.1) is 5.56 Å². The monoisotopic (exact) mass is 248 g/mol. The fraction of sp³-hybridized carbons (Fsp3) is 0.300. The van der Waals surface area contributed by atoms with Gasteiger partial charge in [0.15, 0.2) is 15.6 Å². The summed E-state index contributed by atoms with van der Waals surface area (Å²) < 4.78 is 48.0. The molecule has 0 spiro atoms. The van der Waals surface area contributed by atoms with Gasteiger partial charge in [-0.2, -0.15) is 0 Å². The van der Waals surface area contributed by atoms with Gasteiger partial charge in [-0.15, -0.1) is 0 Å². The van der Waals surface area contributed by atoms with Crippen LogP contribution < -0.4 is 0 Å². The minimum atomic E-state index is -3.50.